The van der Waals surface area contributed by atoms with E-state index in [1.165, 1.54) is 19.1 Å². The van der Waals surface area contributed by atoms with Crippen molar-refractivity contribution >= 4 is 9.84 Å². The molecule has 0 radical (unpaired) electrons. The number of benzene rings is 1. The monoisotopic (exact) mass is 213 g/mol. The average molecular weight is 213 g/mol. The molecule has 3 nitrogen and oxygen atoms in total. The summed E-state index contributed by atoms with van der Waals surface area (Å²) in [6.07, 6.45) is 0. The zero-order valence-corrected chi connectivity index (χ0v) is 8.31. The number of hydrogen-bond acceptors (Lipinski definition) is 3. The van der Waals surface area contributed by atoms with E-state index < -0.39 is 20.5 Å². The highest BCUT2D eigenvalue weighted by Gasteiger charge is 2.18. The molecular formula is C9H8FNO2S. The third-order valence-corrected chi connectivity index (χ3v) is 3.54. The number of nitriles is 1. The summed E-state index contributed by atoms with van der Waals surface area (Å²) in [6.45, 7) is 1.42. The van der Waals surface area contributed by atoms with Crippen LogP contribution in [-0.2, 0) is 9.84 Å². The maximum Gasteiger partial charge on any atom is 0.181 e. The quantitative estimate of drug-likeness (QED) is 0.747. The maximum atomic E-state index is 13.4. The molecule has 0 atom stereocenters. The second-order valence-electron chi connectivity index (χ2n) is 2.63. The van der Waals surface area contributed by atoms with Gasteiger partial charge in [-0.25, -0.2) is 12.8 Å². The largest absolute Gasteiger partial charge is 0.224 e. The van der Waals surface area contributed by atoms with Crippen LogP contribution in [0.3, 0.4) is 0 Å². The Morgan fingerprint density at radius 1 is 1.50 bits per heavy atom. The van der Waals surface area contributed by atoms with Gasteiger partial charge in [0.15, 0.2) is 15.7 Å². The van der Waals surface area contributed by atoms with Crippen LogP contribution in [0.4, 0.5) is 4.39 Å². The molecule has 0 N–H and O–H groups in total. The van der Waals surface area contributed by atoms with Crippen LogP contribution in [0.5, 0.6) is 0 Å². The van der Waals surface area contributed by atoms with Crippen LogP contribution in [0.1, 0.15) is 12.5 Å². The molecule has 5 heteroatoms. The average Bonchev–Trinajstić information content (AvgIpc) is 2.18. The molecule has 0 aliphatic carbocycles. The van der Waals surface area contributed by atoms with Gasteiger partial charge >= 0.3 is 0 Å². The molecule has 0 aliphatic heterocycles. The molecule has 0 spiro atoms. The molecule has 0 saturated carbocycles. The zero-order chi connectivity index (χ0) is 10.8. The van der Waals surface area contributed by atoms with Gasteiger partial charge in [-0.3, -0.25) is 0 Å². The number of rotatable bonds is 2. The molecular weight excluding hydrogens is 205 g/mol. The van der Waals surface area contributed by atoms with E-state index in [9.17, 15) is 12.8 Å². The third-order valence-electron chi connectivity index (χ3n) is 1.80. The van der Waals surface area contributed by atoms with Gasteiger partial charge in [-0.1, -0.05) is 13.0 Å². The first-order chi connectivity index (χ1) is 6.53. The van der Waals surface area contributed by atoms with E-state index in [-0.39, 0.29) is 11.3 Å². The number of hydrogen-bond donors (Lipinski definition) is 0. The fourth-order valence-corrected chi connectivity index (χ4v) is 1.97. The van der Waals surface area contributed by atoms with Crippen molar-refractivity contribution in [2.75, 3.05) is 5.75 Å². The van der Waals surface area contributed by atoms with Crippen molar-refractivity contribution in [3.05, 3.63) is 29.6 Å². The van der Waals surface area contributed by atoms with E-state index >= 15 is 0 Å². The molecule has 14 heavy (non-hydrogen) atoms. The normalized spacial score (nSPS) is 10.9. The Kier molecular flexibility index (Phi) is 2.87. The maximum absolute atomic E-state index is 13.4. The van der Waals surface area contributed by atoms with E-state index in [0.717, 1.165) is 6.07 Å². The van der Waals surface area contributed by atoms with Crippen LogP contribution in [0.25, 0.3) is 0 Å². The standard InChI is InChI=1S/C9H8FNO2S/c1-2-14(12,13)8-5-3-4-7(6-11)9(8)10/h3-5H,2H2,1H3. The van der Waals surface area contributed by atoms with Crippen molar-refractivity contribution < 1.29 is 12.8 Å². The predicted molar refractivity (Wildman–Crippen MR) is 48.8 cm³/mol. The van der Waals surface area contributed by atoms with E-state index in [1.54, 1.807) is 6.07 Å². The highest BCUT2D eigenvalue weighted by Crippen LogP contribution is 2.18. The summed E-state index contributed by atoms with van der Waals surface area (Å²) >= 11 is 0. The smallest absolute Gasteiger partial charge is 0.181 e. The van der Waals surface area contributed by atoms with E-state index in [1.807, 2.05) is 0 Å². The lowest BCUT2D eigenvalue weighted by Gasteiger charge is -2.03. The van der Waals surface area contributed by atoms with Gasteiger partial charge in [-0.15, -0.1) is 0 Å². The second-order valence-corrected chi connectivity index (χ2v) is 4.88. The molecule has 0 aromatic heterocycles. The first-order valence-corrected chi connectivity index (χ1v) is 5.59. The lowest BCUT2D eigenvalue weighted by Crippen LogP contribution is -2.07. The van der Waals surface area contributed by atoms with E-state index in [2.05, 4.69) is 0 Å². The summed E-state index contributed by atoms with van der Waals surface area (Å²) in [4.78, 5) is -0.404. The van der Waals surface area contributed by atoms with Crippen LogP contribution >= 0.6 is 0 Å². The Hall–Kier alpha value is -1.41. The van der Waals surface area contributed by atoms with E-state index in [4.69, 9.17) is 5.26 Å². The molecule has 1 rings (SSSR count). The topological polar surface area (TPSA) is 57.9 Å². The van der Waals surface area contributed by atoms with Crippen LogP contribution in [0.2, 0.25) is 0 Å². The van der Waals surface area contributed by atoms with Crippen molar-refractivity contribution in [2.24, 2.45) is 0 Å². The molecule has 0 aliphatic rings. The lowest BCUT2D eigenvalue weighted by atomic mass is 10.2. The number of nitrogens with zero attached hydrogens (tertiary/aromatic N) is 1. The molecule has 0 bridgehead atoms. The van der Waals surface area contributed by atoms with E-state index in [0.29, 0.717) is 0 Å². The van der Waals surface area contributed by atoms with Crippen LogP contribution in [-0.4, -0.2) is 14.2 Å². The molecule has 0 heterocycles. The zero-order valence-electron chi connectivity index (χ0n) is 7.49. The van der Waals surface area contributed by atoms with Gasteiger partial charge in [-0.2, -0.15) is 5.26 Å². The highest BCUT2D eigenvalue weighted by atomic mass is 32.2. The van der Waals surface area contributed by atoms with Gasteiger partial charge in [0, 0.05) is 0 Å². The predicted octanol–water partition coefficient (Wildman–Crippen LogP) is 1.49. The Balaban J connectivity index is 3.47. The molecule has 0 saturated heterocycles. The fraction of sp³-hybridized carbons (Fsp3) is 0.222. The Morgan fingerprint density at radius 3 is 2.64 bits per heavy atom. The van der Waals surface area contributed by atoms with Crippen LogP contribution < -0.4 is 0 Å². The van der Waals surface area contributed by atoms with Crippen LogP contribution in [0.15, 0.2) is 23.1 Å². The van der Waals surface area contributed by atoms with Gasteiger partial charge in [0.05, 0.1) is 11.3 Å². The Morgan fingerprint density at radius 2 is 2.14 bits per heavy atom. The molecule has 1 aromatic carbocycles. The SMILES string of the molecule is CCS(=O)(=O)c1cccc(C#N)c1F. The molecule has 74 valence electrons. The minimum absolute atomic E-state index is 0.182. The highest BCUT2D eigenvalue weighted by molar-refractivity contribution is 7.91. The first-order valence-electron chi connectivity index (χ1n) is 3.94. The summed E-state index contributed by atoms with van der Waals surface area (Å²) in [7, 11) is -3.59. The van der Waals surface area contributed by atoms with Crippen molar-refractivity contribution in [1.82, 2.24) is 0 Å². The summed E-state index contributed by atoms with van der Waals surface area (Å²) in [5.74, 6) is -1.14. The number of halogens is 1. The first kappa shape index (κ1) is 10.7. The van der Waals surface area contributed by atoms with Crippen molar-refractivity contribution in [3.8, 4) is 6.07 Å². The van der Waals surface area contributed by atoms with Gasteiger partial charge in [0.2, 0.25) is 0 Å². The van der Waals surface area contributed by atoms with Gasteiger partial charge in [-0.05, 0) is 12.1 Å². The van der Waals surface area contributed by atoms with Crippen LogP contribution in [0, 0.1) is 17.1 Å². The molecule has 1 aromatic rings. The van der Waals surface area contributed by atoms with Gasteiger partial charge < -0.3 is 0 Å². The van der Waals surface area contributed by atoms with Crippen molar-refractivity contribution in [3.63, 3.8) is 0 Å². The summed E-state index contributed by atoms with van der Waals surface area (Å²) in [5, 5.41) is 8.50. The minimum atomic E-state index is -3.59. The third kappa shape index (κ3) is 1.75. The summed E-state index contributed by atoms with van der Waals surface area (Å²) in [5.41, 5.74) is -0.250. The minimum Gasteiger partial charge on any atom is -0.224 e. The summed E-state index contributed by atoms with van der Waals surface area (Å²) in [6, 6.07) is 5.35. The van der Waals surface area contributed by atoms with Crippen molar-refractivity contribution in [2.45, 2.75) is 11.8 Å². The second kappa shape index (κ2) is 3.76. The Bertz CT molecular complexity index is 488. The summed E-state index contributed by atoms with van der Waals surface area (Å²) < 4.78 is 36.0. The molecule has 0 amide bonds. The fourth-order valence-electron chi connectivity index (χ4n) is 0.993. The number of sulfone groups is 1. The van der Waals surface area contributed by atoms with Gasteiger partial charge in [0.1, 0.15) is 11.0 Å². The van der Waals surface area contributed by atoms with Crippen molar-refractivity contribution in [1.29, 1.82) is 5.26 Å². The molecule has 0 fully saturated rings. The molecule has 0 unspecified atom stereocenters. The van der Waals surface area contributed by atoms with Gasteiger partial charge in [0.25, 0.3) is 0 Å². The lowest BCUT2D eigenvalue weighted by molar-refractivity contribution is 0.566. The Labute approximate surface area is 81.7 Å².